The topological polar surface area (TPSA) is 52.6 Å². The summed E-state index contributed by atoms with van der Waals surface area (Å²) in [5, 5.41) is 0. The third kappa shape index (κ3) is 2.26. The maximum Gasteiger partial charge on any atom is 0.327 e. The normalized spacial score (nSPS) is 20.0. The maximum atomic E-state index is 11.9. The molecule has 1 aromatic carbocycles. The summed E-state index contributed by atoms with van der Waals surface area (Å²) in [6.45, 7) is 0. The minimum absolute atomic E-state index is 0.0133. The Morgan fingerprint density at radius 3 is 2.21 bits per heavy atom. The lowest BCUT2D eigenvalue weighted by atomic mass is 9.83. The van der Waals surface area contributed by atoms with E-state index in [-0.39, 0.29) is 5.92 Å². The Morgan fingerprint density at radius 2 is 1.68 bits per heavy atom. The molecule has 0 saturated carbocycles. The summed E-state index contributed by atoms with van der Waals surface area (Å²) >= 11 is 0. The van der Waals surface area contributed by atoms with E-state index in [9.17, 15) is 9.59 Å². The summed E-state index contributed by atoms with van der Waals surface area (Å²) in [6.07, 6.45) is 3.81. The van der Waals surface area contributed by atoms with Crippen molar-refractivity contribution in [2.45, 2.75) is 12.3 Å². The van der Waals surface area contributed by atoms with Crippen molar-refractivity contribution in [1.82, 2.24) is 0 Å². The average Bonchev–Trinajstić information content (AvgIpc) is 2.93. The Morgan fingerprint density at radius 1 is 1.11 bits per heavy atom. The summed E-state index contributed by atoms with van der Waals surface area (Å²) in [5.41, 5.74) is -0.252. The SMILES string of the molecule is COC(=O)C1(C(=O)OC)C=C[C@H](c2ccccc2)C1. The number of esters is 2. The van der Waals surface area contributed by atoms with Gasteiger partial charge < -0.3 is 9.47 Å². The first-order valence-electron chi connectivity index (χ1n) is 6.05. The van der Waals surface area contributed by atoms with Crippen LogP contribution in [0.15, 0.2) is 42.5 Å². The van der Waals surface area contributed by atoms with Crippen molar-refractivity contribution in [2.24, 2.45) is 5.41 Å². The molecule has 19 heavy (non-hydrogen) atoms. The van der Waals surface area contributed by atoms with Crippen molar-refractivity contribution in [3.63, 3.8) is 0 Å². The summed E-state index contributed by atoms with van der Waals surface area (Å²) in [7, 11) is 2.55. The van der Waals surface area contributed by atoms with Crippen LogP contribution in [0, 0.1) is 5.41 Å². The Kier molecular flexibility index (Phi) is 3.69. The van der Waals surface area contributed by atoms with Crippen molar-refractivity contribution in [2.75, 3.05) is 14.2 Å². The molecule has 0 bridgehead atoms. The van der Waals surface area contributed by atoms with Crippen LogP contribution in [0.3, 0.4) is 0 Å². The molecule has 100 valence electrons. The lowest BCUT2D eigenvalue weighted by molar-refractivity contribution is -0.165. The molecule has 0 radical (unpaired) electrons. The number of rotatable bonds is 3. The zero-order chi connectivity index (χ0) is 13.9. The highest BCUT2D eigenvalue weighted by atomic mass is 16.5. The maximum absolute atomic E-state index is 11.9. The van der Waals surface area contributed by atoms with Crippen molar-refractivity contribution in [1.29, 1.82) is 0 Å². The molecule has 0 N–H and O–H groups in total. The summed E-state index contributed by atoms with van der Waals surface area (Å²) in [6, 6.07) is 9.73. The van der Waals surface area contributed by atoms with Crippen molar-refractivity contribution < 1.29 is 19.1 Å². The molecule has 0 unspecified atom stereocenters. The van der Waals surface area contributed by atoms with Crippen LogP contribution in [0.25, 0.3) is 0 Å². The smallest absolute Gasteiger partial charge is 0.327 e. The Bertz CT molecular complexity index is 488. The highest BCUT2D eigenvalue weighted by Gasteiger charge is 2.50. The van der Waals surface area contributed by atoms with E-state index in [4.69, 9.17) is 9.47 Å². The van der Waals surface area contributed by atoms with E-state index in [2.05, 4.69) is 0 Å². The molecule has 1 atom stereocenters. The first-order valence-corrected chi connectivity index (χ1v) is 6.05. The van der Waals surface area contributed by atoms with Crippen molar-refractivity contribution in [3.05, 3.63) is 48.0 Å². The highest BCUT2D eigenvalue weighted by molar-refractivity contribution is 6.03. The van der Waals surface area contributed by atoms with Gasteiger partial charge in [-0.15, -0.1) is 0 Å². The first kappa shape index (κ1) is 13.3. The minimum Gasteiger partial charge on any atom is -0.468 e. The fraction of sp³-hybridized carbons (Fsp3) is 0.333. The van der Waals surface area contributed by atoms with Gasteiger partial charge in [0.1, 0.15) is 0 Å². The van der Waals surface area contributed by atoms with Gasteiger partial charge >= 0.3 is 11.9 Å². The Labute approximate surface area is 112 Å². The zero-order valence-corrected chi connectivity index (χ0v) is 11.0. The third-order valence-corrected chi connectivity index (χ3v) is 3.48. The molecular formula is C15H16O4. The van der Waals surface area contributed by atoms with E-state index in [1.165, 1.54) is 14.2 Å². The summed E-state index contributed by atoms with van der Waals surface area (Å²) in [4.78, 5) is 23.9. The molecule has 4 heteroatoms. The molecular weight excluding hydrogens is 244 g/mol. The van der Waals surface area contributed by atoms with E-state index < -0.39 is 17.4 Å². The second kappa shape index (κ2) is 5.26. The van der Waals surface area contributed by atoms with Gasteiger partial charge in [-0.1, -0.05) is 42.5 Å². The summed E-state index contributed by atoms with van der Waals surface area (Å²) in [5.74, 6) is -1.14. The molecule has 2 rings (SSSR count). The Balaban J connectivity index is 2.29. The first-order chi connectivity index (χ1) is 9.14. The lowest BCUT2D eigenvalue weighted by Crippen LogP contribution is -2.38. The van der Waals surface area contributed by atoms with E-state index in [0.29, 0.717) is 6.42 Å². The molecule has 0 amide bonds. The van der Waals surface area contributed by atoms with E-state index in [1.807, 2.05) is 36.4 Å². The van der Waals surface area contributed by atoms with Crippen LogP contribution in [0.4, 0.5) is 0 Å². The lowest BCUT2D eigenvalue weighted by Gasteiger charge is -2.22. The Hall–Kier alpha value is -2.10. The van der Waals surface area contributed by atoms with Crippen LogP contribution >= 0.6 is 0 Å². The van der Waals surface area contributed by atoms with Gasteiger partial charge in [0.25, 0.3) is 0 Å². The van der Waals surface area contributed by atoms with Crippen LogP contribution in [0.1, 0.15) is 17.9 Å². The molecule has 1 aliphatic carbocycles. The van der Waals surface area contributed by atoms with Crippen LogP contribution in [-0.4, -0.2) is 26.2 Å². The molecule has 0 aromatic heterocycles. The molecule has 0 spiro atoms. The van der Waals surface area contributed by atoms with Crippen LogP contribution in [0.2, 0.25) is 0 Å². The number of hydrogen-bond donors (Lipinski definition) is 0. The van der Waals surface area contributed by atoms with Gasteiger partial charge in [-0.05, 0) is 12.0 Å². The van der Waals surface area contributed by atoms with E-state index in [0.717, 1.165) is 5.56 Å². The molecule has 0 aliphatic heterocycles. The van der Waals surface area contributed by atoms with Gasteiger partial charge in [0.05, 0.1) is 14.2 Å². The monoisotopic (exact) mass is 260 g/mol. The molecule has 1 aromatic rings. The second-order valence-electron chi connectivity index (χ2n) is 4.53. The van der Waals surface area contributed by atoms with Crippen LogP contribution in [-0.2, 0) is 19.1 Å². The number of hydrogen-bond acceptors (Lipinski definition) is 4. The largest absolute Gasteiger partial charge is 0.468 e. The van der Waals surface area contributed by atoms with Gasteiger partial charge in [0.2, 0.25) is 0 Å². The number of carbonyl (C=O) groups is 2. The molecule has 0 saturated heterocycles. The molecule has 0 fully saturated rings. The fourth-order valence-corrected chi connectivity index (χ4v) is 2.44. The molecule has 1 aliphatic rings. The quantitative estimate of drug-likeness (QED) is 0.474. The minimum atomic E-state index is -1.32. The van der Waals surface area contributed by atoms with Crippen molar-refractivity contribution in [3.8, 4) is 0 Å². The van der Waals surface area contributed by atoms with Crippen LogP contribution < -0.4 is 0 Å². The summed E-state index contributed by atoms with van der Waals surface area (Å²) < 4.78 is 9.51. The number of methoxy groups -OCH3 is 2. The van der Waals surface area contributed by atoms with E-state index >= 15 is 0 Å². The van der Waals surface area contributed by atoms with E-state index in [1.54, 1.807) is 6.08 Å². The van der Waals surface area contributed by atoms with Gasteiger partial charge in [-0.2, -0.15) is 0 Å². The molecule has 4 nitrogen and oxygen atoms in total. The van der Waals surface area contributed by atoms with Gasteiger partial charge in [0.15, 0.2) is 5.41 Å². The van der Waals surface area contributed by atoms with Gasteiger partial charge in [0, 0.05) is 5.92 Å². The predicted molar refractivity (Wildman–Crippen MR) is 69.4 cm³/mol. The number of carbonyl (C=O) groups excluding carboxylic acids is 2. The average molecular weight is 260 g/mol. The number of allylic oxidation sites excluding steroid dienone is 1. The van der Waals surface area contributed by atoms with Gasteiger partial charge in [-0.25, -0.2) is 0 Å². The highest BCUT2D eigenvalue weighted by Crippen LogP contribution is 2.42. The number of benzene rings is 1. The fourth-order valence-electron chi connectivity index (χ4n) is 2.44. The van der Waals surface area contributed by atoms with Gasteiger partial charge in [-0.3, -0.25) is 9.59 Å². The third-order valence-electron chi connectivity index (χ3n) is 3.48. The van der Waals surface area contributed by atoms with Crippen LogP contribution in [0.5, 0.6) is 0 Å². The van der Waals surface area contributed by atoms with Crippen molar-refractivity contribution >= 4 is 11.9 Å². The zero-order valence-electron chi connectivity index (χ0n) is 11.0. The molecule has 0 heterocycles. The predicted octanol–water partition coefficient (Wildman–Crippen LogP) is 2.06. The standard InChI is InChI=1S/C15H16O4/c1-18-13(16)15(14(17)19-2)9-8-12(10-15)11-6-4-3-5-7-11/h3-9,12H,10H2,1-2H3/t12-/m0/s1. The number of ether oxygens (including phenoxy) is 2. The second-order valence-corrected chi connectivity index (χ2v) is 4.53.